The van der Waals surface area contributed by atoms with Crippen molar-refractivity contribution in [2.45, 2.75) is 65.9 Å². The summed E-state index contributed by atoms with van der Waals surface area (Å²) in [7, 11) is 0. The zero-order chi connectivity index (χ0) is 13.1. The van der Waals surface area contributed by atoms with Crippen molar-refractivity contribution in [2.24, 2.45) is 5.92 Å². The Morgan fingerprint density at radius 2 is 1.71 bits per heavy atom. The van der Waals surface area contributed by atoms with Crippen LogP contribution in [-0.2, 0) is 14.3 Å². The highest BCUT2D eigenvalue weighted by Crippen LogP contribution is 2.18. The van der Waals surface area contributed by atoms with E-state index in [4.69, 9.17) is 9.47 Å². The Bertz CT molecular complexity index is 188. The van der Waals surface area contributed by atoms with E-state index in [1.807, 2.05) is 6.92 Å². The Morgan fingerprint density at radius 3 is 2.18 bits per heavy atom. The van der Waals surface area contributed by atoms with Gasteiger partial charge >= 0.3 is 5.97 Å². The van der Waals surface area contributed by atoms with Crippen molar-refractivity contribution in [3.63, 3.8) is 0 Å². The fraction of sp³-hybridized carbons (Fsp3) is 0.929. The summed E-state index contributed by atoms with van der Waals surface area (Å²) >= 11 is 0. The summed E-state index contributed by atoms with van der Waals surface area (Å²) in [6.07, 6.45) is 4.87. The van der Waals surface area contributed by atoms with Crippen molar-refractivity contribution in [1.82, 2.24) is 0 Å². The highest BCUT2D eigenvalue weighted by molar-refractivity contribution is 5.75. The van der Waals surface area contributed by atoms with E-state index in [-0.39, 0.29) is 18.0 Å². The Hall–Kier alpha value is -0.570. The maximum absolute atomic E-state index is 11.8. The average molecular weight is 244 g/mol. The molecule has 3 heteroatoms. The van der Waals surface area contributed by atoms with Crippen molar-refractivity contribution < 1.29 is 14.3 Å². The molecule has 0 N–H and O–H groups in total. The minimum atomic E-state index is -0.373. The van der Waals surface area contributed by atoms with Crippen LogP contribution >= 0.6 is 0 Å². The van der Waals surface area contributed by atoms with Gasteiger partial charge in [-0.05, 0) is 19.3 Å². The number of hydrogen-bond acceptors (Lipinski definition) is 3. The Morgan fingerprint density at radius 1 is 1.06 bits per heavy atom. The van der Waals surface area contributed by atoms with Crippen LogP contribution in [-0.4, -0.2) is 25.3 Å². The van der Waals surface area contributed by atoms with E-state index in [0.29, 0.717) is 13.2 Å². The van der Waals surface area contributed by atoms with Crippen LogP contribution in [0.25, 0.3) is 0 Å². The van der Waals surface area contributed by atoms with Gasteiger partial charge in [-0.25, -0.2) is 4.79 Å². The maximum Gasteiger partial charge on any atom is 0.335 e. The molecule has 0 radical (unpaired) electrons. The maximum atomic E-state index is 11.8. The first kappa shape index (κ1) is 16.4. The van der Waals surface area contributed by atoms with E-state index in [9.17, 15) is 4.79 Å². The van der Waals surface area contributed by atoms with E-state index >= 15 is 0 Å². The third-order valence-corrected chi connectivity index (χ3v) is 3.04. The van der Waals surface area contributed by atoms with Crippen molar-refractivity contribution in [2.75, 3.05) is 13.2 Å². The molecule has 0 aromatic heterocycles. The molecule has 102 valence electrons. The van der Waals surface area contributed by atoms with Gasteiger partial charge in [0.2, 0.25) is 0 Å². The molecule has 0 amide bonds. The molecule has 0 spiro atoms. The number of hydrogen-bond donors (Lipinski definition) is 0. The fourth-order valence-electron chi connectivity index (χ4n) is 1.90. The first-order valence-electron chi connectivity index (χ1n) is 6.99. The molecule has 0 saturated carbocycles. The van der Waals surface area contributed by atoms with Crippen LogP contribution < -0.4 is 0 Å². The van der Waals surface area contributed by atoms with Gasteiger partial charge in [0.25, 0.3) is 0 Å². The summed E-state index contributed by atoms with van der Waals surface area (Å²) in [5.74, 6) is 0.0772. The second kappa shape index (κ2) is 10.6. The molecular weight excluding hydrogens is 216 g/mol. The standard InChI is InChI=1S/C14H28O3/c1-5-9-10-11-17-13(12(6-2)7-3)14(15)16-8-4/h12-13H,5-11H2,1-4H3. The van der Waals surface area contributed by atoms with Crippen LogP contribution in [0.4, 0.5) is 0 Å². The summed E-state index contributed by atoms with van der Waals surface area (Å²) in [6, 6.07) is 0. The van der Waals surface area contributed by atoms with Crippen LogP contribution in [0, 0.1) is 5.92 Å². The monoisotopic (exact) mass is 244 g/mol. The van der Waals surface area contributed by atoms with Crippen LogP contribution in [0.15, 0.2) is 0 Å². The van der Waals surface area contributed by atoms with E-state index in [2.05, 4.69) is 20.8 Å². The minimum Gasteiger partial charge on any atom is -0.464 e. The molecule has 17 heavy (non-hydrogen) atoms. The first-order valence-corrected chi connectivity index (χ1v) is 6.99. The number of ether oxygens (including phenoxy) is 2. The third-order valence-electron chi connectivity index (χ3n) is 3.04. The zero-order valence-electron chi connectivity index (χ0n) is 11.8. The Balaban J connectivity index is 4.23. The molecule has 0 fully saturated rings. The van der Waals surface area contributed by atoms with Crippen LogP contribution in [0.1, 0.15) is 59.8 Å². The lowest BCUT2D eigenvalue weighted by Gasteiger charge is -2.23. The minimum absolute atomic E-state index is 0.197. The quantitative estimate of drug-likeness (QED) is 0.435. The number of esters is 1. The predicted octanol–water partition coefficient (Wildman–Crippen LogP) is 3.56. The zero-order valence-corrected chi connectivity index (χ0v) is 11.8. The smallest absolute Gasteiger partial charge is 0.335 e. The molecule has 1 unspecified atom stereocenters. The molecule has 0 rings (SSSR count). The van der Waals surface area contributed by atoms with Gasteiger partial charge in [-0.3, -0.25) is 0 Å². The van der Waals surface area contributed by atoms with Crippen molar-refractivity contribution in [1.29, 1.82) is 0 Å². The lowest BCUT2D eigenvalue weighted by Crippen LogP contribution is -2.34. The molecule has 0 aliphatic carbocycles. The van der Waals surface area contributed by atoms with E-state index in [0.717, 1.165) is 25.7 Å². The van der Waals surface area contributed by atoms with Crippen LogP contribution in [0.3, 0.4) is 0 Å². The summed E-state index contributed by atoms with van der Waals surface area (Å²) in [4.78, 5) is 11.8. The molecular formula is C14H28O3. The second-order valence-electron chi connectivity index (χ2n) is 4.33. The number of carbonyl (C=O) groups is 1. The first-order chi connectivity index (χ1) is 8.21. The van der Waals surface area contributed by atoms with E-state index in [1.54, 1.807) is 0 Å². The summed E-state index contributed by atoms with van der Waals surface area (Å²) in [5.41, 5.74) is 0. The highest BCUT2D eigenvalue weighted by Gasteiger charge is 2.27. The molecule has 0 saturated heterocycles. The lowest BCUT2D eigenvalue weighted by atomic mass is 9.96. The third kappa shape index (κ3) is 6.67. The van der Waals surface area contributed by atoms with Crippen LogP contribution in [0.5, 0.6) is 0 Å². The van der Waals surface area contributed by atoms with Gasteiger partial charge < -0.3 is 9.47 Å². The highest BCUT2D eigenvalue weighted by atomic mass is 16.6. The van der Waals surface area contributed by atoms with Gasteiger partial charge in [0, 0.05) is 6.61 Å². The van der Waals surface area contributed by atoms with Gasteiger partial charge in [-0.15, -0.1) is 0 Å². The number of rotatable bonds is 10. The molecule has 0 aliphatic heterocycles. The molecule has 3 nitrogen and oxygen atoms in total. The Labute approximate surface area is 106 Å². The normalized spacial score (nSPS) is 12.8. The SMILES string of the molecule is CCCCCOC(C(=O)OCC)C(CC)CC. The average Bonchev–Trinajstić information content (AvgIpc) is 2.33. The largest absolute Gasteiger partial charge is 0.464 e. The van der Waals surface area contributed by atoms with Gasteiger partial charge in [0.15, 0.2) is 6.10 Å². The number of unbranched alkanes of at least 4 members (excludes halogenated alkanes) is 2. The summed E-state index contributed by atoms with van der Waals surface area (Å²) < 4.78 is 10.8. The molecule has 0 bridgehead atoms. The summed E-state index contributed by atoms with van der Waals surface area (Å²) in [5, 5.41) is 0. The Kier molecular flexibility index (Phi) is 10.2. The predicted molar refractivity (Wildman–Crippen MR) is 70.0 cm³/mol. The van der Waals surface area contributed by atoms with Crippen molar-refractivity contribution >= 4 is 5.97 Å². The molecule has 0 aromatic carbocycles. The topological polar surface area (TPSA) is 35.5 Å². The summed E-state index contributed by atoms with van der Waals surface area (Å²) in [6.45, 7) is 9.26. The van der Waals surface area contributed by atoms with Crippen molar-refractivity contribution in [3.8, 4) is 0 Å². The second-order valence-corrected chi connectivity index (χ2v) is 4.33. The van der Waals surface area contributed by atoms with Gasteiger partial charge in [-0.1, -0.05) is 46.5 Å². The molecule has 0 heterocycles. The van der Waals surface area contributed by atoms with Gasteiger partial charge in [0.05, 0.1) is 6.61 Å². The molecule has 0 aromatic rings. The molecule has 0 aliphatic rings. The number of carbonyl (C=O) groups excluding carboxylic acids is 1. The van der Waals surface area contributed by atoms with Gasteiger partial charge in [-0.2, -0.15) is 0 Å². The van der Waals surface area contributed by atoms with E-state index < -0.39 is 0 Å². The lowest BCUT2D eigenvalue weighted by molar-refractivity contribution is -0.161. The van der Waals surface area contributed by atoms with Crippen LogP contribution in [0.2, 0.25) is 0 Å². The van der Waals surface area contributed by atoms with Crippen molar-refractivity contribution in [3.05, 3.63) is 0 Å². The van der Waals surface area contributed by atoms with E-state index in [1.165, 1.54) is 6.42 Å². The fourth-order valence-corrected chi connectivity index (χ4v) is 1.90. The molecule has 1 atom stereocenters. The van der Waals surface area contributed by atoms with Gasteiger partial charge in [0.1, 0.15) is 0 Å².